The van der Waals surface area contributed by atoms with Crippen molar-refractivity contribution in [2.75, 3.05) is 18.0 Å². The number of aromatic nitrogens is 2. The van der Waals surface area contributed by atoms with Crippen molar-refractivity contribution >= 4 is 11.7 Å². The molecule has 94 valence electrons. The van der Waals surface area contributed by atoms with Crippen molar-refractivity contribution in [3.05, 3.63) is 11.4 Å². The molecule has 1 aromatic heterocycles. The Morgan fingerprint density at radius 1 is 1.35 bits per heavy atom. The molecule has 0 spiro atoms. The summed E-state index contributed by atoms with van der Waals surface area (Å²) in [5, 5.41) is 13.4. The molecule has 0 unspecified atom stereocenters. The molecule has 2 rings (SSSR count). The van der Waals surface area contributed by atoms with E-state index >= 15 is 0 Å². The van der Waals surface area contributed by atoms with E-state index in [1.165, 1.54) is 5.69 Å². The molecule has 1 aliphatic heterocycles. The van der Waals surface area contributed by atoms with Crippen molar-refractivity contribution in [3.8, 4) is 0 Å². The van der Waals surface area contributed by atoms with Crippen molar-refractivity contribution in [3.63, 3.8) is 0 Å². The zero-order chi connectivity index (χ0) is 12.6. The molecular weight excluding hydrogens is 218 g/mol. The zero-order valence-corrected chi connectivity index (χ0v) is 10.6. The molecule has 17 heavy (non-hydrogen) atoms. The van der Waals surface area contributed by atoms with Crippen LogP contribution in [0.25, 0.3) is 0 Å². The normalized spacial score (nSPS) is 17.5. The third-order valence-corrected chi connectivity index (χ3v) is 3.63. The van der Waals surface area contributed by atoms with Gasteiger partial charge in [0.15, 0.2) is 0 Å². The fourth-order valence-corrected chi connectivity index (χ4v) is 2.57. The number of piperidine rings is 1. The van der Waals surface area contributed by atoms with Gasteiger partial charge in [0.25, 0.3) is 0 Å². The first kappa shape index (κ1) is 12.0. The molecule has 1 N–H and O–H groups in total. The summed E-state index contributed by atoms with van der Waals surface area (Å²) in [6.45, 7) is 5.68. The molecule has 1 aliphatic rings. The van der Waals surface area contributed by atoms with Gasteiger partial charge in [-0.3, -0.25) is 9.48 Å². The number of aryl methyl sites for hydroxylation is 2. The first-order valence-electron chi connectivity index (χ1n) is 5.98. The Kier molecular flexibility index (Phi) is 3.09. The molecule has 0 aliphatic carbocycles. The van der Waals surface area contributed by atoms with Crippen molar-refractivity contribution in [2.24, 2.45) is 13.0 Å². The lowest BCUT2D eigenvalue weighted by atomic mass is 9.96. The van der Waals surface area contributed by atoms with E-state index in [2.05, 4.69) is 16.9 Å². The van der Waals surface area contributed by atoms with E-state index in [1.54, 1.807) is 0 Å². The maximum absolute atomic E-state index is 10.9. The lowest BCUT2D eigenvalue weighted by Crippen LogP contribution is -2.36. The average Bonchev–Trinajstić information content (AvgIpc) is 2.53. The van der Waals surface area contributed by atoms with Gasteiger partial charge in [-0.25, -0.2) is 0 Å². The minimum absolute atomic E-state index is 0.177. The quantitative estimate of drug-likeness (QED) is 0.843. The fraction of sp³-hybridized carbons (Fsp3) is 0.667. The van der Waals surface area contributed by atoms with E-state index in [9.17, 15) is 4.79 Å². The van der Waals surface area contributed by atoms with Crippen molar-refractivity contribution in [2.45, 2.75) is 26.7 Å². The summed E-state index contributed by atoms with van der Waals surface area (Å²) < 4.78 is 1.88. The summed E-state index contributed by atoms with van der Waals surface area (Å²) >= 11 is 0. The fourth-order valence-electron chi connectivity index (χ4n) is 2.57. The van der Waals surface area contributed by atoms with Crippen LogP contribution in [0.3, 0.4) is 0 Å². The molecule has 1 saturated heterocycles. The minimum Gasteiger partial charge on any atom is -0.481 e. The zero-order valence-electron chi connectivity index (χ0n) is 10.6. The molecule has 0 atom stereocenters. The third-order valence-electron chi connectivity index (χ3n) is 3.63. The van der Waals surface area contributed by atoms with E-state index in [-0.39, 0.29) is 5.92 Å². The maximum Gasteiger partial charge on any atom is 0.306 e. The SMILES string of the molecule is Cc1nn(C)c(C)c1N1CCC(C(=O)O)CC1. The maximum atomic E-state index is 10.9. The molecule has 5 nitrogen and oxygen atoms in total. The summed E-state index contributed by atoms with van der Waals surface area (Å²) in [4.78, 5) is 13.2. The second-order valence-corrected chi connectivity index (χ2v) is 4.74. The van der Waals surface area contributed by atoms with Crippen LogP contribution in [0, 0.1) is 19.8 Å². The minimum atomic E-state index is -0.663. The number of anilines is 1. The summed E-state index contributed by atoms with van der Waals surface area (Å²) in [7, 11) is 1.94. The van der Waals surface area contributed by atoms with E-state index in [0.29, 0.717) is 0 Å². The monoisotopic (exact) mass is 237 g/mol. The predicted molar refractivity (Wildman–Crippen MR) is 65.3 cm³/mol. The van der Waals surface area contributed by atoms with Crippen LogP contribution in [-0.4, -0.2) is 33.9 Å². The molecule has 5 heteroatoms. The van der Waals surface area contributed by atoms with Gasteiger partial charge in [0, 0.05) is 20.1 Å². The largest absolute Gasteiger partial charge is 0.481 e. The van der Waals surface area contributed by atoms with Crippen molar-refractivity contribution < 1.29 is 9.90 Å². The Bertz CT molecular complexity index is 431. The lowest BCUT2D eigenvalue weighted by Gasteiger charge is -2.32. The predicted octanol–water partition coefficient (Wildman–Crippen LogP) is 1.34. The number of carboxylic acid groups (broad SMARTS) is 1. The van der Waals surface area contributed by atoms with E-state index < -0.39 is 5.97 Å². The first-order chi connectivity index (χ1) is 8.00. The Hall–Kier alpha value is -1.52. The number of carbonyl (C=O) groups is 1. The summed E-state index contributed by atoms with van der Waals surface area (Å²) in [6, 6.07) is 0. The Morgan fingerprint density at radius 2 is 1.94 bits per heavy atom. The molecule has 0 aromatic carbocycles. The molecule has 2 heterocycles. The number of hydrogen-bond donors (Lipinski definition) is 1. The first-order valence-corrected chi connectivity index (χ1v) is 5.98. The number of nitrogens with zero attached hydrogens (tertiary/aromatic N) is 3. The molecule has 1 aromatic rings. The summed E-state index contributed by atoms with van der Waals surface area (Å²) in [5.41, 5.74) is 3.35. The highest BCUT2D eigenvalue weighted by Gasteiger charge is 2.27. The van der Waals surface area contributed by atoms with Crippen LogP contribution in [0.4, 0.5) is 5.69 Å². The smallest absolute Gasteiger partial charge is 0.306 e. The summed E-state index contributed by atoms with van der Waals surface area (Å²) in [6.07, 6.45) is 1.45. The van der Waals surface area contributed by atoms with Crippen LogP contribution in [0.2, 0.25) is 0 Å². The van der Waals surface area contributed by atoms with Crippen LogP contribution >= 0.6 is 0 Å². The Labute approximate surface area is 101 Å². The number of rotatable bonds is 2. The van der Waals surface area contributed by atoms with Gasteiger partial charge in [-0.1, -0.05) is 0 Å². The van der Waals surface area contributed by atoms with E-state index in [1.807, 2.05) is 18.7 Å². The van der Waals surface area contributed by atoms with Gasteiger partial charge in [0.1, 0.15) is 0 Å². The Balaban J connectivity index is 2.13. The van der Waals surface area contributed by atoms with Crippen LogP contribution in [0.5, 0.6) is 0 Å². The van der Waals surface area contributed by atoms with E-state index in [0.717, 1.165) is 37.3 Å². The highest BCUT2D eigenvalue weighted by atomic mass is 16.4. The highest BCUT2D eigenvalue weighted by molar-refractivity contribution is 5.70. The standard InChI is InChI=1S/C12H19N3O2/c1-8-11(9(2)14(3)13-8)15-6-4-10(5-7-15)12(16)17/h10H,4-7H2,1-3H3,(H,16,17). The number of aliphatic carboxylic acids is 1. The molecule has 1 fully saturated rings. The van der Waals surface area contributed by atoms with Crippen molar-refractivity contribution in [1.82, 2.24) is 9.78 Å². The van der Waals surface area contributed by atoms with Crippen LogP contribution in [0.1, 0.15) is 24.2 Å². The van der Waals surface area contributed by atoms with Gasteiger partial charge in [-0.15, -0.1) is 0 Å². The average molecular weight is 237 g/mol. The Morgan fingerprint density at radius 3 is 2.35 bits per heavy atom. The lowest BCUT2D eigenvalue weighted by molar-refractivity contribution is -0.142. The molecule has 0 saturated carbocycles. The van der Waals surface area contributed by atoms with Crippen molar-refractivity contribution in [1.29, 1.82) is 0 Å². The number of hydrogen-bond acceptors (Lipinski definition) is 3. The van der Waals surface area contributed by atoms with Gasteiger partial charge < -0.3 is 10.0 Å². The van der Waals surface area contributed by atoms with Crippen LogP contribution in [0.15, 0.2) is 0 Å². The van der Waals surface area contributed by atoms with Crippen LogP contribution in [-0.2, 0) is 11.8 Å². The highest BCUT2D eigenvalue weighted by Crippen LogP contribution is 2.28. The molecule has 0 amide bonds. The van der Waals surface area contributed by atoms with E-state index in [4.69, 9.17) is 5.11 Å². The summed E-state index contributed by atoms with van der Waals surface area (Å²) in [5.74, 6) is -0.840. The molecule has 0 radical (unpaired) electrons. The topological polar surface area (TPSA) is 58.4 Å². The van der Waals surface area contributed by atoms with Gasteiger partial charge >= 0.3 is 5.97 Å². The second kappa shape index (κ2) is 4.39. The van der Waals surface area contributed by atoms with Gasteiger partial charge in [-0.05, 0) is 26.7 Å². The molecular formula is C12H19N3O2. The molecule has 0 bridgehead atoms. The van der Waals surface area contributed by atoms with Crippen LogP contribution < -0.4 is 4.90 Å². The number of carboxylic acids is 1. The second-order valence-electron chi connectivity index (χ2n) is 4.74. The third kappa shape index (κ3) is 2.14. The van der Waals surface area contributed by atoms with Gasteiger partial charge in [0.2, 0.25) is 0 Å². The van der Waals surface area contributed by atoms with Gasteiger partial charge in [-0.2, -0.15) is 5.10 Å². The van der Waals surface area contributed by atoms with Gasteiger partial charge in [0.05, 0.1) is 23.0 Å².